The number of carbonyl (C=O) groups excluding carboxylic acids is 2. The highest BCUT2D eigenvalue weighted by Gasteiger charge is 2.29. The molecule has 0 unspecified atom stereocenters. The van der Waals surface area contributed by atoms with Crippen molar-refractivity contribution in [1.29, 1.82) is 0 Å². The molecule has 1 aromatic heterocycles. The van der Waals surface area contributed by atoms with E-state index in [9.17, 15) is 9.59 Å². The monoisotopic (exact) mass is 455 g/mol. The van der Waals surface area contributed by atoms with E-state index in [-0.39, 0.29) is 24.3 Å². The minimum atomic E-state index is -0.0676. The fourth-order valence-electron chi connectivity index (χ4n) is 4.38. The van der Waals surface area contributed by atoms with Gasteiger partial charge in [0.25, 0.3) is 0 Å². The Morgan fingerprint density at radius 1 is 0.939 bits per heavy atom. The van der Waals surface area contributed by atoms with E-state index in [0.717, 1.165) is 37.9 Å². The standard InChI is InChI=1S/C26H37N3O4/c1-32-17-15-28(20-24-13-8-14-27(24)19-22-9-4-3-5-10-22)25(30)21-29(16-18-33-2)26(31)23-11-6-7-12-23/h3-5,8-10,13-14,23H,6-7,11-12,15-21H2,1-2H3. The molecule has 0 bridgehead atoms. The third-order valence-electron chi connectivity index (χ3n) is 6.30. The van der Waals surface area contributed by atoms with Crippen LogP contribution >= 0.6 is 0 Å². The van der Waals surface area contributed by atoms with Crippen molar-refractivity contribution in [3.8, 4) is 0 Å². The molecule has 1 heterocycles. The van der Waals surface area contributed by atoms with Crippen LogP contribution in [0, 0.1) is 5.92 Å². The molecule has 1 saturated carbocycles. The predicted molar refractivity (Wildman–Crippen MR) is 128 cm³/mol. The molecule has 0 aliphatic heterocycles. The lowest BCUT2D eigenvalue weighted by Gasteiger charge is -2.29. The van der Waals surface area contributed by atoms with Crippen molar-refractivity contribution in [2.75, 3.05) is 47.1 Å². The number of rotatable bonds is 13. The molecule has 7 nitrogen and oxygen atoms in total. The molecular weight excluding hydrogens is 418 g/mol. The van der Waals surface area contributed by atoms with E-state index >= 15 is 0 Å². The summed E-state index contributed by atoms with van der Waals surface area (Å²) in [4.78, 5) is 29.9. The zero-order valence-corrected chi connectivity index (χ0v) is 19.9. The highest BCUT2D eigenvalue weighted by Crippen LogP contribution is 2.26. The summed E-state index contributed by atoms with van der Waals surface area (Å²) in [5.41, 5.74) is 2.26. The van der Waals surface area contributed by atoms with Crippen LogP contribution in [-0.4, -0.2) is 73.2 Å². The van der Waals surface area contributed by atoms with Crippen LogP contribution in [-0.2, 0) is 32.2 Å². The molecule has 0 radical (unpaired) electrons. The highest BCUT2D eigenvalue weighted by atomic mass is 16.5. The number of ether oxygens (including phenoxy) is 2. The van der Waals surface area contributed by atoms with Crippen molar-refractivity contribution in [2.45, 2.75) is 38.8 Å². The highest BCUT2D eigenvalue weighted by molar-refractivity contribution is 5.86. The van der Waals surface area contributed by atoms with Gasteiger partial charge in [0.2, 0.25) is 11.8 Å². The van der Waals surface area contributed by atoms with Gasteiger partial charge in [-0.05, 0) is 30.5 Å². The number of nitrogens with zero attached hydrogens (tertiary/aromatic N) is 3. The summed E-state index contributed by atoms with van der Waals surface area (Å²) in [5, 5.41) is 0. The summed E-state index contributed by atoms with van der Waals surface area (Å²) in [6.07, 6.45) is 6.03. The lowest BCUT2D eigenvalue weighted by Crippen LogP contribution is -2.46. The van der Waals surface area contributed by atoms with Gasteiger partial charge in [-0.3, -0.25) is 9.59 Å². The summed E-state index contributed by atoms with van der Waals surface area (Å²) in [7, 11) is 3.25. The Hall–Kier alpha value is -2.64. The summed E-state index contributed by atoms with van der Waals surface area (Å²) in [6, 6.07) is 14.3. The largest absolute Gasteiger partial charge is 0.383 e. The van der Waals surface area contributed by atoms with E-state index in [4.69, 9.17) is 9.47 Å². The Labute approximate surface area is 197 Å². The first kappa shape index (κ1) is 25.0. The molecule has 0 N–H and O–H groups in total. The molecule has 33 heavy (non-hydrogen) atoms. The van der Waals surface area contributed by atoms with E-state index in [2.05, 4.69) is 16.7 Å². The smallest absolute Gasteiger partial charge is 0.242 e. The fraction of sp³-hybridized carbons (Fsp3) is 0.538. The first-order valence-corrected chi connectivity index (χ1v) is 11.8. The molecule has 1 fully saturated rings. The molecule has 1 aliphatic carbocycles. The molecular formula is C26H37N3O4. The molecule has 1 aliphatic rings. The number of hydrogen-bond acceptors (Lipinski definition) is 4. The van der Waals surface area contributed by atoms with Gasteiger partial charge in [0.15, 0.2) is 0 Å². The van der Waals surface area contributed by atoms with Gasteiger partial charge in [-0.1, -0.05) is 43.2 Å². The number of hydrogen-bond donors (Lipinski definition) is 0. The molecule has 180 valence electrons. The third kappa shape index (κ3) is 7.44. The van der Waals surface area contributed by atoms with Crippen LogP contribution in [0.4, 0.5) is 0 Å². The van der Waals surface area contributed by atoms with Gasteiger partial charge in [-0.2, -0.15) is 0 Å². The average molecular weight is 456 g/mol. The molecule has 2 aromatic rings. The van der Waals surface area contributed by atoms with Crippen LogP contribution < -0.4 is 0 Å². The minimum Gasteiger partial charge on any atom is -0.383 e. The summed E-state index contributed by atoms with van der Waals surface area (Å²) < 4.78 is 12.6. The maximum absolute atomic E-state index is 13.4. The zero-order chi connectivity index (χ0) is 23.5. The molecule has 1 aromatic carbocycles. The van der Waals surface area contributed by atoms with Crippen molar-refractivity contribution in [2.24, 2.45) is 5.92 Å². The van der Waals surface area contributed by atoms with Gasteiger partial charge in [-0.15, -0.1) is 0 Å². The van der Waals surface area contributed by atoms with Gasteiger partial charge < -0.3 is 23.8 Å². The van der Waals surface area contributed by atoms with E-state index < -0.39 is 0 Å². The lowest BCUT2D eigenvalue weighted by molar-refractivity contribution is -0.144. The van der Waals surface area contributed by atoms with Gasteiger partial charge in [-0.25, -0.2) is 0 Å². The normalized spacial score (nSPS) is 13.9. The maximum Gasteiger partial charge on any atom is 0.242 e. The summed E-state index contributed by atoms with van der Waals surface area (Å²) in [5.74, 6) is 0.0455. The second-order valence-electron chi connectivity index (χ2n) is 8.66. The number of carbonyl (C=O) groups is 2. The van der Waals surface area contributed by atoms with Crippen LogP contribution in [0.1, 0.15) is 36.9 Å². The van der Waals surface area contributed by atoms with Gasteiger partial charge >= 0.3 is 0 Å². The predicted octanol–water partition coefficient (Wildman–Crippen LogP) is 3.18. The quantitative estimate of drug-likeness (QED) is 0.465. The minimum absolute atomic E-state index is 0.0326. The van der Waals surface area contributed by atoms with Crippen molar-refractivity contribution < 1.29 is 19.1 Å². The number of benzene rings is 1. The Morgan fingerprint density at radius 3 is 2.27 bits per heavy atom. The molecule has 0 atom stereocenters. The van der Waals surface area contributed by atoms with Gasteiger partial charge in [0.05, 0.1) is 26.3 Å². The fourth-order valence-corrected chi connectivity index (χ4v) is 4.38. The Kier molecular flexibility index (Phi) is 9.97. The summed E-state index contributed by atoms with van der Waals surface area (Å²) >= 11 is 0. The SMILES string of the molecule is COCCN(Cc1cccn1Cc1ccccc1)C(=O)CN(CCOC)C(=O)C1CCCC1. The molecule has 3 rings (SSSR count). The lowest BCUT2D eigenvalue weighted by atomic mass is 10.1. The maximum atomic E-state index is 13.4. The average Bonchev–Trinajstić information content (AvgIpc) is 3.52. The molecule has 0 saturated heterocycles. The van der Waals surface area contributed by atoms with Crippen molar-refractivity contribution in [3.63, 3.8) is 0 Å². The second kappa shape index (κ2) is 13.2. The van der Waals surface area contributed by atoms with Gasteiger partial charge in [0, 0.05) is 51.7 Å². The molecule has 2 amide bonds. The second-order valence-corrected chi connectivity index (χ2v) is 8.66. The third-order valence-corrected chi connectivity index (χ3v) is 6.30. The number of amides is 2. The zero-order valence-electron chi connectivity index (χ0n) is 19.9. The Balaban J connectivity index is 1.70. The number of aromatic nitrogens is 1. The van der Waals surface area contributed by atoms with Gasteiger partial charge in [0.1, 0.15) is 0 Å². The van der Waals surface area contributed by atoms with E-state index in [1.807, 2.05) is 36.5 Å². The Morgan fingerprint density at radius 2 is 1.61 bits per heavy atom. The van der Waals surface area contributed by atoms with Crippen LogP contribution in [0.2, 0.25) is 0 Å². The van der Waals surface area contributed by atoms with Crippen molar-refractivity contribution >= 4 is 11.8 Å². The first-order chi connectivity index (χ1) is 16.1. The van der Waals surface area contributed by atoms with Crippen molar-refractivity contribution in [1.82, 2.24) is 14.4 Å². The topological polar surface area (TPSA) is 64.0 Å². The van der Waals surface area contributed by atoms with Crippen molar-refractivity contribution in [3.05, 3.63) is 59.9 Å². The van der Waals surface area contributed by atoms with Crippen LogP contribution in [0.25, 0.3) is 0 Å². The molecule has 0 spiro atoms. The Bertz CT molecular complexity index is 861. The van der Waals surface area contributed by atoms with E-state index in [0.29, 0.717) is 32.8 Å². The molecule has 7 heteroatoms. The number of methoxy groups -OCH3 is 2. The van der Waals surface area contributed by atoms with E-state index in [1.165, 1.54) is 5.56 Å². The summed E-state index contributed by atoms with van der Waals surface area (Å²) in [6.45, 7) is 3.06. The van der Waals surface area contributed by atoms with Crippen LogP contribution in [0.3, 0.4) is 0 Å². The first-order valence-electron chi connectivity index (χ1n) is 11.8. The van der Waals surface area contributed by atoms with Crippen LogP contribution in [0.5, 0.6) is 0 Å². The van der Waals surface area contributed by atoms with Crippen LogP contribution in [0.15, 0.2) is 48.7 Å². The van der Waals surface area contributed by atoms with E-state index in [1.54, 1.807) is 24.0 Å².